The summed E-state index contributed by atoms with van der Waals surface area (Å²) in [6.45, 7) is 3.52. The summed E-state index contributed by atoms with van der Waals surface area (Å²) in [7, 11) is -4.97. The molecule has 0 aliphatic rings. The van der Waals surface area contributed by atoms with Crippen molar-refractivity contribution in [3.8, 4) is 0 Å². The third-order valence-corrected chi connectivity index (χ3v) is 1.11. The zero-order valence-corrected chi connectivity index (χ0v) is 18.8. The molecular formula is C4H9K3O4Si. The van der Waals surface area contributed by atoms with Gasteiger partial charge in [0.15, 0.2) is 0 Å². The van der Waals surface area contributed by atoms with Crippen LogP contribution < -0.4 is 169 Å². The molecule has 0 heterocycles. The van der Waals surface area contributed by atoms with Crippen LogP contribution in [0, 0.1) is 5.92 Å². The van der Waals surface area contributed by atoms with Gasteiger partial charge in [-0.3, -0.25) is 0 Å². The predicted molar refractivity (Wildman–Crippen MR) is 26.5 cm³/mol. The molecule has 0 spiro atoms. The van der Waals surface area contributed by atoms with Gasteiger partial charge in [-0.2, -0.15) is 0 Å². The molecular weight excluding hydrogens is 257 g/mol. The Labute approximate surface area is 202 Å². The standard InChI is InChI=1S/C4H9O4Si.3K/c1-4(2)3-8-9(5,6)7;;;/h4H,3H2,1-2H3;;;/q-3;3*+1. The third kappa shape index (κ3) is 24.3. The van der Waals surface area contributed by atoms with Crippen LogP contribution in [0.3, 0.4) is 0 Å². The molecule has 0 bridgehead atoms. The summed E-state index contributed by atoms with van der Waals surface area (Å²) in [4.78, 5) is 29.4. The van der Waals surface area contributed by atoms with Crippen molar-refractivity contribution in [2.24, 2.45) is 5.92 Å². The van der Waals surface area contributed by atoms with E-state index in [1.807, 2.05) is 0 Å². The Hall–Kier alpha value is 4.97. The number of hydrogen-bond acceptors (Lipinski definition) is 4. The van der Waals surface area contributed by atoms with Gasteiger partial charge < -0.3 is 18.8 Å². The van der Waals surface area contributed by atoms with Crippen molar-refractivity contribution in [2.75, 3.05) is 6.61 Å². The van der Waals surface area contributed by atoms with Crippen molar-refractivity contribution in [1.29, 1.82) is 0 Å². The van der Waals surface area contributed by atoms with Crippen molar-refractivity contribution in [3.63, 3.8) is 0 Å². The largest absolute Gasteiger partial charge is 1.00 e. The fraction of sp³-hybridized carbons (Fsp3) is 1.00. The van der Waals surface area contributed by atoms with Crippen LogP contribution in [0.25, 0.3) is 0 Å². The van der Waals surface area contributed by atoms with Gasteiger partial charge in [-0.1, -0.05) is 13.8 Å². The van der Waals surface area contributed by atoms with Crippen LogP contribution in [0.15, 0.2) is 0 Å². The average molecular weight is 266 g/mol. The van der Waals surface area contributed by atoms with Crippen molar-refractivity contribution < 1.29 is 173 Å². The molecule has 4 nitrogen and oxygen atoms in total. The second-order valence-electron chi connectivity index (χ2n) is 2.20. The molecule has 0 amide bonds. The molecule has 0 fully saturated rings. The summed E-state index contributed by atoms with van der Waals surface area (Å²) in [5.74, 6) is 0.0775. The Balaban J connectivity index is -0.000000107. The van der Waals surface area contributed by atoms with Crippen LogP contribution in [0.1, 0.15) is 13.8 Å². The maximum absolute atomic E-state index is 9.81. The molecule has 0 aromatic heterocycles. The summed E-state index contributed by atoms with van der Waals surface area (Å²) in [5, 5.41) is 0. The molecule has 0 radical (unpaired) electrons. The summed E-state index contributed by atoms with van der Waals surface area (Å²) in [6.07, 6.45) is 0. The van der Waals surface area contributed by atoms with Gasteiger partial charge in [0.25, 0.3) is 0 Å². The van der Waals surface area contributed by atoms with Crippen LogP contribution in [-0.2, 0) is 4.43 Å². The molecule has 56 valence electrons. The zero-order valence-electron chi connectivity index (χ0n) is 8.42. The van der Waals surface area contributed by atoms with Gasteiger partial charge in [-0.25, -0.2) is 0 Å². The van der Waals surface area contributed by atoms with Crippen LogP contribution in [0.2, 0.25) is 0 Å². The van der Waals surface area contributed by atoms with Gasteiger partial charge in [0.2, 0.25) is 0 Å². The van der Waals surface area contributed by atoms with E-state index >= 15 is 0 Å². The van der Waals surface area contributed by atoms with E-state index in [1.165, 1.54) is 0 Å². The van der Waals surface area contributed by atoms with E-state index in [0.29, 0.717) is 0 Å². The van der Waals surface area contributed by atoms with Gasteiger partial charge in [0.05, 0.1) is 0 Å². The number of rotatable bonds is 3. The minimum absolute atomic E-state index is 0. The summed E-state index contributed by atoms with van der Waals surface area (Å²) < 4.78 is 3.96. The summed E-state index contributed by atoms with van der Waals surface area (Å²) in [6, 6.07) is 0. The van der Waals surface area contributed by atoms with E-state index in [1.54, 1.807) is 13.8 Å². The Morgan fingerprint density at radius 3 is 1.50 bits per heavy atom. The third-order valence-electron chi connectivity index (χ3n) is 0.593. The van der Waals surface area contributed by atoms with Gasteiger partial charge in [0.1, 0.15) is 0 Å². The van der Waals surface area contributed by atoms with E-state index in [0.717, 1.165) is 0 Å². The first-order chi connectivity index (χ1) is 3.92. The fourth-order valence-corrected chi connectivity index (χ4v) is 0.806. The van der Waals surface area contributed by atoms with Gasteiger partial charge in [-0.15, -0.1) is 9.05 Å². The molecule has 0 saturated heterocycles. The smallest absolute Gasteiger partial charge is 0.861 e. The summed E-state index contributed by atoms with van der Waals surface area (Å²) in [5.41, 5.74) is 0. The van der Waals surface area contributed by atoms with E-state index in [2.05, 4.69) is 4.43 Å². The fourth-order valence-electron chi connectivity index (χ4n) is 0.269. The molecule has 0 aliphatic carbocycles. The first kappa shape index (κ1) is 25.7. The Morgan fingerprint density at radius 2 is 1.42 bits per heavy atom. The molecule has 0 atom stereocenters. The van der Waals surface area contributed by atoms with E-state index in [9.17, 15) is 14.4 Å². The molecule has 0 unspecified atom stereocenters. The van der Waals surface area contributed by atoms with Gasteiger partial charge in [0, 0.05) is 6.61 Å². The SMILES string of the molecule is CC(C)CO[Si]([O-])([O-])[O-].[K+].[K+].[K+]. The van der Waals surface area contributed by atoms with E-state index in [4.69, 9.17) is 0 Å². The van der Waals surface area contributed by atoms with Crippen molar-refractivity contribution in [3.05, 3.63) is 0 Å². The van der Waals surface area contributed by atoms with Crippen molar-refractivity contribution in [1.82, 2.24) is 0 Å². The first-order valence-corrected chi connectivity index (χ1v) is 4.30. The average Bonchev–Trinajstić information content (AvgIpc) is 1.59. The van der Waals surface area contributed by atoms with E-state index < -0.39 is 9.05 Å². The van der Waals surface area contributed by atoms with Crippen LogP contribution in [0.5, 0.6) is 0 Å². The van der Waals surface area contributed by atoms with Crippen LogP contribution in [0.4, 0.5) is 0 Å². The van der Waals surface area contributed by atoms with Crippen LogP contribution >= 0.6 is 0 Å². The second-order valence-corrected chi connectivity index (χ2v) is 3.49. The minimum atomic E-state index is -4.97. The maximum atomic E-state index is 9.81. The van der Waals surface area contributed by atoms with Gasteiger partial charge in [-0.05, 0) is 5.92 Å². The van der Waals surface area contributed by atoms with Crippen molar-refractivity contribution in [2.45, 2.75) is 13.8 Å². The summed E-state index contributed by atoms with van der Waals surface area (Å²) >= 11 is 0. The first-order valence-electron chi connectivity index (χ1n) is 2.67. The topological polar surface area (TPSA) is 78.4 Å². The number of hydrogen-bond donors (Lipinski definition) is 0. The molecule has 12 heavy (non-hydrogen) atoms. The molecule has 0 aromatic rings. The van der Waals surface area contributed by atoms with Crippen molar-refractivity contribution >= 4 is 9.05 Å². The normalized spacial score (nSPS) is 9.50. The Morgan fingerprint density at radius 1 is 1.08 bits per heavy atom. The maximum Gasteiger partial charge on any atom is 1.00 e. The molecule has 0 aliphatic heterocycles. The Bertz CT molecular complexity index is 86.9. The monoisotopic (exact) mass is 266 g/mol. The van der Waals surface area contributed by atoms with E-state index in [-0.39, 0.29) is 167 Å². The molecule has 0 rings (SSSR count). The quantitative estimate of drug-likeness (QED) is 0.475. The molecule has 0 N–H and O–H groups in total. The Kier molecular flexibility index (Phi) is 30.1. The van der Waals surface area contributed by atoms with Crippen LogP contribution in [-0.4, -0.2) is 15.7 Å². The minimum Gasteiger partial charge on any atom is -0.861 e. The van der Waals surface area contributed by atoms with Gasteiger partial charge >= 0.3 is 154 Å². The zero-order chi connectivity index (χ0) is 7.49. The predicted octanol–water partition coefficient (Wildman–Crippen LogP) is -11.8. The second kappa shape index (κ2) is 14.0. The molecule has 0 aromatic carbocycles. The molecule has 0 saturated carbocycles. The molecule has 8 heteroatoms.